The Morgan fingerprint density at radius 2 is 1.90 bits per heavy atom. The predicted octanol–water partition coefficient (Wildman–Crippen LogP) is 2.02. The van der Waals surface area contributed by atoms with Crippen molar-refractivity contribution < 1.29 is 19.3 Å². The van der Waals surface area contributed by atoms with Crippen molar-refractivity contribution in [1.82, 2.24) is 4.90 Å². The van der Waals surface area contributed by atoms with E-state index in [0.717, 1.165) is 25.1 Å². The van der Waals surface area contributed by atoms with E-state index in [4.69, 9.17) is 14.2 Å². The summed E-state index contributed by atoms with van der Waals surface area (Å²) in [6.45, 7) is 3.68. The Balaban J connectivity index is 2.16. The Morgan fingerprint density at radius 1 is 1.30 bits per heavy atom. The van der Waals surface area contributed by atoms with Gasteiger partial charge in [0.05, 0.1) is 20.3 Å². The summed E-state index contributed by atoms with van der Waals surface area (Å²) in [6.07, 6.45) is 1.30. The van der Waals surface area contributed by atoms with E-state index in [1.807, 2.05) is 12.1 Å². The average Bonchev–Trinajstić information content (AvgIpc) is 2.86. The Kier molecular flexibility index (Phi) is 4.73. The largest absolute Gasteiger partial charge is 0.502 e. The van der Waals surface area contributed by atoms with Crippen LogP contribution in [0.5, 0.6) is 17.2 Å². The first-order valence-corrected chi connectivity index (χ1v) is 6.82. The molecule has 1 heterocycles. The minimum Gasteiger partial charge on any atom is -0.502 e. The normalized spacial score (nSPS) is 22.2. The summed E-state index contributed by atoms with van der Waals surface area (Å²) in [5, 5.41) is 9.92. The van der Waals surface area contributed by atoms with Gasteiger partial charge in [-0.15, -0.1) is 0 Å². The van der Waals surface area contributed by atoms with Gasteiger partial charge in [-0.3, -0.25) is 4.90 Å². The smallest absolute Gasteiger partial charge is 0.200 e. The number of likely N-dealkylation sites (N-methyl/N-ethyl adjacent to an activating group) is 1. The molecule has 0 radical (unpaired) electrons. The molecular weight excluding hydrogens is 258 g/mol. The molecule has 1 aromatic rings. The summed E-state index contributed by atoms with van der Waals surface area (Å²) in [5.74, 6) is 0.908. The number of methoxy groups -OCH3 is 2. The Bertz CT molecular complexity index is 438. The number of phenols is 1. The molecule has 5 heteroatoms. The van der Waals surface area contributed by atoms with Crippen LogP contribution in [-0.4, -0.2) is 50.0 Å². The van der Waals surface area contributed by atoms with Gasteiger partial charge in [0.25, 0.3) is 0 Å². The first kappa shape index (κ1) is 14.9. The maximum Gasteiger partial charge on any atom is 0.200 e. The Morgan fingerprint density at radius 3 is 2.35 bits per heavy atom. The summed E-state index contributed by atoms with van der Waals surface area (Å²) in [5.41, 5.74) is 1.04. The fourth-order valence-electron chi connectivity index (χ4n) is 2.74. The Labute approximate surface area is 120 Å². The molecule has 0 saturated carbocycles. The highest BCUT2D eigenvalue weighted by Gasteiger charge is 2.28. The number of hydrogen-bond acceptors (Lipinski definition) is 5. The third-order valence-corrected chi connectivity index (χ3v) is 3.87. The van der Waals surface area contributed by atoms with Gasteiger partial charge in [0.2, 0.25) is 5.75 Å². The highest BCUT2D eigenvalue weighted by molar-refractivity contribution is 5.52. The van der Waals surface area contributed by atoms with E-state index in [2.05, 4.69) is 18.9 Å². The van der Waals surface area contributed by atoms with Crippen LogP contribution in [0.3, 0.4) is 0 Å². The number of nitrogens with zero attached hydrogens (tertiary/aromatic N) is 1. The van der Waals surface area contributed by atoms with E-state index in [-0.39, 0.29) is 11.9 Å². The molecular formula is C15H23NO4. The summed E-state index contributed by atoms with van der Waals surface area (Å²) in [7, 11) is 5.16. The maximum atomic E-state index is 9.92. The summed E-state index contributed by atoms with van der Waals surface area (Å²) in [6, 6.07) is 4.10. The van der Waals surface area contributed by atoms with Gasteiger partial charge in [-0.1, -0.05) is 0 Å². The maximum absolute atomic E-state index is 9.92. The fourth-order valence-corrected chi connectivity index (χ4v) is 2.74. The van der Waals surface area contributed by atoms with Crippen molar-refractivity contribution in [3.8, 4) is 17.2 Å². The van der Waals surface area contributed by atoms with Gasteiger partial charge < -0.3 is 19.3 Å². The monoisotopic (exact) mass is 281 g/mol. The number of ether oxygens (including phenoxy) is 3. The van der Waals surface area contributed by atoms with Gasteiger partial charge in [-0.25, -0.2) is 0 Å². The highest BCUT2D eigenvalue weighted by atomic mass is 16.5. The average molecular weight is 281 g/mol. The van der Waals surface area contributed by atoms with Gasteiger partial charge in [-0.05, 0) is 38.1 Å². The molecule has 0 bridgehead atoms. The van der Waals surface area contributed by atoms with E-state index in [1.54, 1.807) is 0 Å². The van der Waals surface area contributed by atoms with Crippen LogP contribution in [-0.2, 0) is 11.3 Å². The lowest BCUT2D eigenvalue weighted by Crippen LogP contribution is -2.36. The second-order valence-corrected chi connectivity index (χ2v) is 5.20. The van der Waals surface area contributed by atoms with Gasteiger partial charge in [0.15, 0.2) is 11.5 Å². The molecule has 0 amide bonds. The highest BCUT2D eigenvalue weighted by Crippen LogP contribution is 2.37. The van der Waals surface area contributed by atoms with Crippen LogP contribution in [0.2, 0.25) is 0 Å². The lowest BCUT2D eigenvalue weighted by Gasteiger charge is -2.27. The molecule has 1 saturated heterocycles. The molecule has 2 unspecified atom stereocenters. The zero-order chi connectivity index (χ0) is 14.7. The van der Waals surface area contributed by atoms with Crippen molar-refractivity contribution in [3.05, 3.63) is 17.7 Å². The second-order valence-electron chi connectivity index (χ2n) is 5.20. The topological polar surface area (TPSA) is 51.2 Å². The molecule has 2 rings (SSSR count). The standard InChI is InChI=1S/C15H23NO4/c1-10-12(5-6-20-10)16(2)9-11-7-13(18-3)15(17)14(8-11)19-4/h7-8,10,12,17H,5-6,9H2,1-4H3. The van der Waals surface area contributed by atoms with Crippen LogP contribution in [0.25, 0.3) is 0 Å². The molecule has 20 heavy (non-hydrogen) atoms. The molecule has 1 aliphatic heterocycles. The molecule has 112 valence electrons. The molecule has 1 aliphatic rings. The van der Waals surface area contributed by atoms with Crippen LogP contribution < -0.4 is 9.47 Å². The number of benzene rings is 1. The van der Waals surface area contributed by atoms with Crippen molar-refractivity contribution in [3.63, 3.8) is 0 Å². The minimum absolute atomic E-state index is 0.0407. The van der Waals surface area contributed by atoms with Crippen molar-refractivity contribution >= 4 is 0 Å². The Hall–Kier alpha value is -1.46. The van der Waals surface area contributed by atoms with Crippen LogP contribution in [0.4, 0.5) is 0 Å². The van der Waals surface area contributed by atoms with Gasteiger partial charge >= 0.3 is 0 Å². The van der Waals surface area contributed by atoms with Crippen molar-refractivity contribution in [2.45, 2.75) is 32.0 Å². The molecule has 1 aromatic carbocycles. The number of rotatable bonds is 5. The second kappa shape index (κ2) is 6.33. The minimum atomic E-state index is 0.0407. The van der Waals surface area contributed by atoms with Crippen LogP contribution in [0.15, 0.2) is 12.1 Å². The number of hydrogen-bond donors (Lipinski definition) is 1. The summed E-state index contributed by atoms with van der Waals surface area (Å²) < 4.78 is 16.0. The molecule has 1 fully saturated rings. The number of aromatic hydroxyl groups is 1. The van der Waals surface area contributed by atoms with E-state index in [1.165, 1.54) is 14.2 Å². The summed E-state index contributed by atoms with van der Waals surface area (Å²) in [4.78, 5) is 2.27. The zero-order valence-electron chi connectivity index (χ0n) is 12.5. The predicted molar refractivity (Wildman–Crippen MR) is 76.5 cm³/mol. The van der Waals surface area contributed by atoms with Crippen LogP contribution in [0, 0.1) is 0 Å². The summed E-state index contributed by atoms with van der Waals surface area (Å²) >= 11 is 0. The molecule has 1 N–H and O–H groups in total. The first-order valence-electron chi connectivity index (χ1n) is 6.82. The van der Waals surface area contributed by atoms with Crippen LogP contribution >= 0.6 is 0 Å². The first-order chi connectivity index (χ1) is 9.56. The lowest BCUT2D eigenvalue weighted by molar-refractivity contribution is 0.0814. The fraction of sp³-hybridized carbons (Fsp3) is 0.600. The van der Waals surface area contributed by atoms with Crippen molar-refractivity contribution in [1.29, 1.82) is 0 Å². The van der Waals surface area contributed by atoms with E-state index < -0.39 is 0 Å². The lowest BCUT2D eigenvalue weighted by atomic mass is 10.1. The van der Waals surface area contributed by atoms with Crippen molar-refractivity contribution in [2.24, 2.45) is 0 Å². The SMILES string of the molecule is COc1cc(CN(C)C2CCOC2C)cc(OC)c1O. The van der Waals surface area contributed by atoms with Crippen molar-refractivity contribution in [2.75, 3.05) is 27.9 Å². The number of phenolic OH excluding ortho intramolecular Hbond substituents is 1. The van der Waals surface area contributed by atoms with Crippen LogP contribution in [0.1, 0.15) is 18.9 Å². The van der Waals surface area contributed by atoms with E-state index >= 15 is 0 Å². The molecule has 0 aliphatic carbocycles. The third-order valence-electron chi connectivity index (χ3n) is 3.87. The molecule has 0 aromatic heterocycles. The molecule has 5 nitrogen and oxygen atoms in total. The van der Waals surface area contributed by atoms with Gasteiger partial charge in [-0.2, -0.15) is 0 Å². The quantitative estimate of drug-likeness (QED) is 0.895. The third kappa shape index (κ3) is 2.99. The van der Waals surface area contributed by atoms with Gasteiger partial charge in [0.1, 0.15) is 0 Å². The zero-order valence-corrected chi connectivity index (χ0v) is 12.5. The molecule has 2 atom stereocenters. The molecule has 0 spiro atoms. The van der Waals surface area contributed by atoms with Gasteiger partial charge in [0, 0.05) is 19.2 Å². The van der Waals surface area contributed by atoms with E-state index in [9.17, 15) is 5.11 Å². The van der Waals surface area contributed by atoms with E-state index in [0.29, 0.717) is 17.5 Å².